The standard InChI is InChI=1S/C22H33N5OS.HI/c1-4-23-22(25-14-21-26-20(16-29-21)17(2)3)24-13-18-5-7-19(8-6-18)15-27-9-11-28-12-10-27;/h5-8,16-17H,4,9-15H2,1-3H3,(H2,23,24,25);1H. The molecule has 0 amide bonds. The van der Waals surface area contributed by atoms with Crippen LogP contribution in [0.15, 0.2) is 34.6 Å². The second-order valence-electron chi connectivity index (χ2n) is 7.57. The number of nitrogens with one attached hydrogen (secondary N) is 2. The zero-order chi connectivity index (χ0) is 20.5. The SMILES string of the molecule is CCNC(=NCc1ccc(CN2CCOCC2)cc1)NCc1nc(C(C)C)cs1.I. The van der Waals surface area contributed by atoms with E-state index >= 15 is 0 Å². The third-order valence-electron chi connectivity index (χ3n) is 4.86. The van der Waals surface area contributed by atoms with Crippen LogP contribution in [0.5, 0.6) is 0 Å². The quantitative estimate of drug-likeness (QED) is 0.300. The van der Waals surface area contributed by atoms with Crippen LogP contribution in [-0.2, 0) is 24.4 Å². The fourth-order valence-electron chi connectivity index (χ4n) is 3.11. The second-order valence-corrected chi connectivity index (χ2v) is 8.52. The van der Waals surface area contributed by atoms with Crippen molar-refractivity contribution in [3.8, 4) is 0 Å². The van der Waals surface area contributed by atoms with Crippen LogP contribution in [0.3, 0.4) is 0 Å². The Kier molecular flexibility index (Phi) is 11.0. The number of halogens is 1. The van der Waals surface area contributed by atoms with E-state index in [9.17, 15) is 0 Å². The van der Waals surface area contributed by atoms with Crippen molar-refractivity contribution in [2.24, 2.45) is 4.99 Å². The summed E-state index contributed by atoms with van der Waals surface area (Å²) in [6, 6.07) is 8.78. The van der Waals surface area contributed by atoms with Gasteiger partial charge in [-0.25, -0.2) is 9.98 Å². The lowest BCUT2D eigenvalue weighted by Crippen LogP contribution is -2.36. The molecule has 1 fully saturated rings. The average Bonchev–Trinajstić information content (AvgIpc) is 3.21. The van der Waals surface area contributed by atoms with Crippen molar-refractivity contribution in [2.75, 3.05) is 32.8 Å². The van der Waals surface area contributed by atoms with E-state index in [1.54, 1.807) is 11.3 Å². The molecule has 1 saturated heterocycles. The maximum atomic E-state index is 5.42. The third kappa shape index (κ3) is 8.13. The summed E-state index contributed by atoms with van der Waals surface area (Å²) in [4.78, 5) is 11.8. The molecule has 3 rings (SSSR count). The van der Waals surface area contributed by atoms with E-state index in [1.165, 1.54) is 11.1 Å². The van der Waals surface area contributed by atoms with Gasteiger partial charge in [0.1, 0.15) is 5.01 Å². The van der Waals surface area contributed by atoms with E-state index in [-0.39, 0.29) is 24.0 Å². The van der Waals surface area contributed by atoms with Crippen molar-refractivity contribution in [2.45, 2.75) is 46.3 Å². The van der Waals surface area contributed by atoms with Gasteiger partial charge in [0.25, 0.3) is 0 Å². The number of morpholine rings is 1. The molecule has 0 aliphatic carbocycles. The Morgan fingerprint density at radius 3 is 2.50 bits per heavy atom. The first-order valence-electron chi connectivity index (χ1n) is 10.5. The van der Waals surface area contributed by atoms with Gasteiger partial charge in [0.05, 0.1) is 32.0 Å². The van der Waals surface area contributed by atoms with Crippen LogP contribution in [-0.4, -0.2) is 48.7 Å². The first-order valence-corrected chi connectivity index (χ1v) is 11.4. The molecule has 2 aromatic rings. The van der Waals surface area contributed by atoms with Crippen molar-refractivity contribution in [3.63, 3.8) is 0 Å². The van der Waals surface area contributed by atoms with Crippen molar-refractivity contribution in [3.05, 3.63) is 51.5 Å². The van der Waals surface area contributed by atoms with Crippen LogP contribution in [0.1, 0.15) is 48.5 Å². The number of aromatic nitrogens is 1. The molecule has 0 unspecified atom stereocenters. The molecular weight excluding hydrogens is 509 g/mol. The van der Waals surface area contributed by atoms with Gasteiger partial charge < -0.3 is 15.4 Å². The lowest BCUT2D eigenvalue weighted by Gasteiger charge is -2.26. The Hall–Kier alpha value is -1.23. The van der Waals surface area contributed by atoms with E-state index in [0.717, 1.165) is 56.1 Å². The molecule has 1 aromatic heterocycles. The fourth-order valence-corrected chi connectivity index (χ4v) is 4.01. The monoisotopic (exact) mass is 543 g/mol. The molecule has 0 bridgehead atoms. The normalized spacial score (nSPS) is 15.1. The molecular formula is C22H34IN5OS. The van der Waals surface area contributed by atoms with Crippen LogP contribution >= 0.6 is 35.3 Å². The highest BCUT2D eigenvalue weighted by Gasteiger charge is 2.10. The Morgan fingerprint density at radius 1 is 1.17 bits per heavy atom. The van der Waals surface area contributed by atoms with Gasteiger partial charge in [-0.05, 0) is 24.0 Å². The maximum absolute atomic E-state index is 5.42. The molecule has 8 heteroatoms. The number of rotatable bonds is 8. The Bertz CT molecular complexity index is 772. The molecule has 2 N–H and O–H groups in total. The molecule has 1 aromatic carbocycles. The van der Waals surface area contributed by atoms with Gasteiger partial charge in [-0.15, -0.1) is 35.3 Å². The summed E-state index contributed by atoms with van der Waals surface area (Å²) >= 11 is 1.70. The van der Waals surface area contributed by atoms with Gasteiger partial charge >= 0.3 is 0 Å². The van der Waals surface area contributed by atoms with Gasteiger partial charge in [-0.1, -0.05) is 38.1 Å². The number of nitrogens with zero attached hydrogens (tertiary/aromatic N) is 3. The Morgan fingerprint density at radius 2 is 1.87 bits per heavy atom. The molecule has 2 heterocycles. The zero-order valence-corrected chi connectivity index (χ0v) is 21.3. The molecule has 0 saturated carbocycles. The van der Waals surface area contributed by atoms with E-state index in [2.05, 4.69) is 70.9 Å². The van der Waals surface area contributed by atoms with Crippen LogP contribution in [0.25, 0.3) is 0 Å². The lowest BCUT2D eigenvalue weighted by atomic mass is 10.1. The first-order chi connectivity index (χ1) is 14.1. The highest BCUT2D eigenvalue weighted by atomic mass is 127. The minimum absolute atomic E-state index is 0. The minimum atomic E-state index is 0. The highest BCUT2D eigenvalue weighted by molar-refractivity contribution is 14.0. The van der Waals surface area contributed by atoms with Gasteiger partial charge in [0.2, 0.25) is 0 Å². The fraction of sp³-hybridized carbons (Fsp3) is 0.545. The smallest absolute Gasteiger partial charge is 0.191 e. The van der Waals surface area contributed by atoms with Gasteiger partial charge in [0, 0.05) is 31.6 Å². The second kappa shape index (κ2) is 13.2. The van der Waals surface area contributed by atoms with Gasteiger partial charge in [-0.2, -0.15) is 0 Å². The molecule has 1 aliphatic rings. The predicted octanol–water partition coefficient (Wildman–Crippen LogP) is 3.97. The number of aliphatic imine (C=N–C) groups is 1. The van der Waals surface area contributed by atoms with E-state index < -0.39 is 0 Å². The summed E-state index contributed by atoms with van der Waals surface area (Å²) < 4.78 is 5.42. The summed E-state index contributed by atoms with van der Waals surface area (Å²) in [6.07, 6.45) is 0. The topological polar surface area (TPSA) is 61.8 Å². The zero-order valence-electron chi connectivity index (χ0n) is 18.2. The highest BCUT2D eigenvalue weighted by Crippen LogP contribution is 2.17. The van der Waals surface area contributed by atoms with Crippen LogP contribution < -0.4 is 10.6 Å². The number of thiazole rings is 1. The third-order valence-corrected chi connectivity index (χ3v) is 5.73. The number of benzene rings is 1. The molecule has 166 valence electrons. The number of guanidine groups is 1. The van der Waals surface area contributed by atoms with Crippen molar-refractivity contribution in [1.82, 2.24) is 20.5 Å². The molecule has 6 nitrogen and oxygen atoms in total. The van der Waals surface area contributed by atoms with E-state index in [4.69, 9.17) is 9.73 Å². The predicted molar refractivity (Wildman–Crippen MR) is 136 cm³/mol. The summed E-state index contributed by atoms with van der Waals surface area (Å²) in [5.74, 6) is 1.29. The average molecular weight is 544 g/mol. The van der Waals surface area contributed by atoms with Gasteiger partial charge in [-0.3, -0.25) is 4.90 Å². The number of hydrogen-bond acceptors (Lipinski definition) is 5. The van der Waals surface area contributed by atoms with E-state index in [1.807, 2.05) is 0 Å². The Balaban J connectivity index is 0.00000320. The van der Waals surface area contributed by atoms with Crippen molar-refractivity contribution < 1.29 is 4.74 Å². The van der Waals surface area contributed by atoms with Crippen molar-refractivity contribution >= 4 is 41.3 Å². The molecule has 0 radical (unpaired) electrons. The van der Waals surface area contributed by atoms with Crippen molar-refractivity contribution in [1.29, 1.82) is 0 Å². The summed E-state index contributed by atoms with van der Waals surface area (Å²) in [7, 11) is 0. The van der Waals surface area contributed by atoms with Crippen LogP contribution in [0, 0.1) is 0 Å². The minimum Gasteiger partial charge on any atom is -0.379 e. The van der Waals surface area contributed by atoms with Gasteiger partial charge in [0.15, 0.2) is 5.96 Å². The number of hydrogen-bond donors (Lipinski definition) is 2. The molecule has 0 atom stereocenters. The van der Waals surface area contributed by atoms with E-state index in [0.29, 0.717) is 19.0 Å². The maximum Gasteiger partial charge on any atom is 0.191 e. The van der Waals surface area contributed by atoms with Crippen LogP contribution in [0.4, 0.5) is 0 Å². The molecule has 0 spiro atoms. The summed E-state index contributed by atoms with van der Waals surface area (Å²) in [5, 5.41) is 9.94. The van der Waals surface area contributed by atoms with Crippen LogP contribution in [0.2, 0.25) is 0 Å². The number of ether oxygens (including phenoxy) is 1. The lowest BCUT2D eigenvalue weighted by molar-refractivity contribution is 0.0342. The summed E-state index contributed by atoms with van der Waals surface area (Å²) in [6.45, 7) is 13.3. The molecule has 30 heavy (non-hydrogen) atoms. The first kappa shape index (κ1) is 25.0. The largest absolute Gasteiger partial charge is 0.379 e. The molecule has 1 aliphatic heterocycles. The summed E-state index contributed by atoms with van der Waals surface area (Å²) in [5.41, 5.74) is 3.71. The Labute approximate surface area is 201 Å².